The van der Waals surface area contributed by atoms with Crippen LogP contribution in [0.5, 0.6) is 0 Å². The number of alkyl halides is 3. The number of nitrogens with one attached hydrogen (secondary N) is 1. The number of amides is 1. The second-order valence-electron chi connectivity index (χ2n) is 8.30. The van der Waals surface area contributed by atoms with E-state index in [-0.39, 0.29) is 11.9 Å². The van der Waals surface area contributed by atoms with Crippen LogP contribution in [0.4, 0.5) is 13.2 Å². The number of rotatable bonds is 3. The van der Waals surface area contributed by atoms with Gasteiger partial charge in [-0.1, -0.05) is 30.3 Å². The van der Waals surface area contributed by atoms with Crippen LogP contribution in [-0.2, 0) is 11.2 Å². The van der Waals surface area contributed by atoms with Gasteiger partial charge in [0.15, 0.2) is 0 Å². The van der Waals surface area contributed by atoms with Crippen LogP contribution in [0.2, 0.25) is 0 Å². The van der Waals surface area contributed by atoms with Gasteiger partial charge in [0.05, 0.1) is 6.04 Å². The van der Waals surface area contributed by atoms with E-state index in [0.29, 0.717) is 11.6 Å². The van der Waals surface area contributed by atoms with Crippen molar-refractivity contribution >= 4 is 11.9 Å². The maximum atomic E-state index is 13.1. The fraction of sp³-hybridized carbons (Fsp3) is 0.458. The number of aliphatic carboxylic acids is 1. The van der Waals surface area contributed by atoms with Crippen LogP contribution in [-0.4, -0.2) is 53.2 Å². The lowest BCUT2D eigenvalue weighted by atomic mass is 9.87. The zero-order chi connectivity index (χ0) is 24.0. The Morgan fingerprint density at radius 3 is 2.39 bits per heavy atom. The van der Waals surface area contributed by atoms with Crippen molar-refractivity contribution in [1.82, 2.24) is 15.2 Å². The Hall–Kier alpha value is -2.94. The van der Waals surface area contributed by atoms with Gasteiger partial charge in [-0.05, 0) is 68.5 Å². The molecular weight excluding hydrogens is 435 g/mol. The van der Waals surface area contributed by atoms with E-state index >= 15 is 0 Å². The highest BCUT2D eigenvalue weighted by molar-refractivity contribution is 5.92. The summed E-state index contributed by atoms with van der Waals surface area (Å²) in [7, 11) is 1.92. The Morgan fingerprint density at radius 1 is 1.06 bits per heavy atom. The van der Waals surface area contributed by atoms with Gasteiger partial charge in [0.2, 0.25) is 0 Å². The third-order valence-electron chi connectivity index (χ3n) is 6.12. The van der Waals surface area contributed by atoms with Gasteiger partial charge >= 0.3 is 12.1 Å². The summed E-state index contributed by atoms with van der Waals surface area (Å²) in [5.41, 5.74) is 4.31. The number of benzene rings is 1. The summed E-state index contributed by atoms with van der Waals surface area (Å²) in [5, 5.41) is 10.5. The molecule has 2 heterocycles. The van der Waals surface area contributed by atoms with Crippen LogP contribution in [0.25, 0.3) is 0 Å². The zero-order valence-corrected chi connectivity index (χ0v) is 18.4. The first-order valence-corrected chi connectivity index (χ1v) is 11.0. The predicted molar refractivity (Wildman–Crippen MR) is 117 cm³/mol. The molecule has 1 aromatic carbocycles. The second kappa shape index (κ2) is 10.8. The summed E-state index contributed by atoms with van der Waals surface area (Å²) in [4.78, 5) is 28.7. The smallest absolute Gasteiger partial charge is 0.475 e. The van der Waals surface area contributed by atoms with Crippen molar-refractivity contribution in [1.29, 1.82) is 0 Å². The van der Waals surface area contributed by atoms with E-state index in [1.54, 1.807) is 0 Å². The van der Waals surface area contributed by atoms with Gasteiger partial charge in [-0.2, -0.15) is 13.2 Å². The number of pyridine rings is 1. The molecule has 33 heavy (non-hydrogen) atoms. The third kappa shape index (κ3) is 6.31. The summed E-state index contributed by atoms with van der Waals surface area (Å²) < 4.78 is 31.7. The minimum atomic E-state index is -5.08. The number of carbonyl (C=O) groups is 2. The van der Waals surface area contributed by atoms with Crippen molar-refractivity contribution in [2.24, 2.45) is 0 Å². The van der Waals surface area contributed by atoms with E-state index < -0.39 is 12.1 Å². The molecule has 4 rings (SSSR count). The SMILES string of the molecule is CN(C(=O)c1cccc(C2CCNCC2)n1)C1CCCc2ccccc21.O=C(O)C(F)(F)F. The van der Waals surface area contributed by atoms with Crippen molar-refractivity contribution in [2.75, 3.05) is 20.1 Å². The Bertz CT molecular complexity index is 975. The number of piperidine rings is 1. The number of carboxylic acid groups (broad SMARTS) is 1. The lowest BCUT2D eigenvalue weighted by Gasteiger charge is -2.33. The van der Waals surface area contributed by atoms with Crippen molar-refractivity contribution in [3.05, 3.63) is 65.0 Å². The number of fused-ring (bicyclic) bond motifs is 1. The third-order valence-corrected chi connectivity index (χ3v) is 6.12. The lowest BCUT2D eigenvalue weighted by Crippen LogP contribution is -2.34. The molecule has 1 amide bonds. The highest BCUT2D eigenvalue weighted by Gasteiger charge is 2.38. The van der Waals surface area contributed by atoms with E-state index in [9.17, 15) is 18.0 Å². The minimum absolute atomic E-state index is 0.0301. The van der Waals surface area contributed by atoms with Crippen LogP contribution < -0.4 is 5.32 Å². The van der Waals surface area contributed by atoms with Gasteiger partial charge in [-0.25, -0.2) is 9.78 Å². The van der Waals surface area contributed by atoms with Crippen molar-refractivity contribution in [3.8, 4) is 0 Å². The maximum Gasteiger partial charge on any atom is 0.490 e. The first-order chi connectivity index (χ1) is 15.7. The van der Waals surface area contributed by atoms with Crippen molar-refractivity contribution < 1.29 is 27.9 Å². The molecule has 1 aliphatic carbocycles. The van der Waals surface area contributed by atoms with Crippen molar-refractivity contribution in [2.45, 2.75) is 50.2 Å². The molecule has 1 saturated heterocycles. The molecule has 0 saturated carbocycles. The standard InChI is InChI=1S/C22H27N3O.C2HF3O2/c1-25(21-11-4-7-16-6-2-3-8-18(16)21)22(26)20-10-5-9-19(24-20)17-12-14-23-15-13-17;3-2(4,5)1(6)7/h2-3,5-6,8-10,17,21,23H,4,7,11-15H2,1H3;(H,6,7). The molecule has 2 aliphatic rings. The van der Waals surface area contributed by atoms with Gasteiger partial charge in [-0.15, -0.1) is 0 Å². The Balaban J connectivity index is 0.000000383. The second-order valence-corrected chi connectivity index (χ2v) is 8.30. The average molecular weight is 464 g/mol. The van der Waals surface area contributed by atoms with Gasteiger partial charge in [0, 0.05) is 18.7 Å². The molecule has 1 fully saturated rings. The Morgan fingerprint density at radius 2 is 1.73 bits per heavy atom. The van der Waals surface area contributed by atoms with Crippen LogP contribution in [0.3, 0.4) is 0 Å². The Kier molecular flexibility index (Phi) is 8.07. The number of hydrogen-bond acceptors (Lipinski definition) is 4. The van der Waals surface area contributed by atoms with Crippen LogP contribution in [0.15, 0.2) is 42.5 Å². The van der Waals surface area contributed by atoms with E-state index in [0.717, 1.165) is 50.9 Å². The molecule has 0 radical (unpaired) electrons. The predicted octanol–water partition coefficient (Wildman–Crippen LogP) is 4.33. The molecule has 1 atom stereocenters. The normalized spacial score (nSPS) is 18.5. The van der Waals surface area contributed by atoms with Crippen LogP contribution in [0.1, 0.15) is 65.0 Å². The molecule has 2 aromatic rings. The van der Waals surface area contributed by atoms with Crippen LogP contribution in [0, 0.1) is 0 Å². The number of halogens is 3. The summed E-state index contributed by atoms with van der Waals surface area (Å²) in [5.74, 6) is -2.26. The van der Waals surface area contributed by atoms with Crippen LogP contribution >= 0.6 is 0 Å². The summed E-state index contributed by atoms with van der Waals surface area (Å²) in [6.45, 7) is 2.06. The molecule has 0 spiro atoms. The molecule has 178 valence electrons. The molecule has 9 heteroatoms. The van der Waals surface area contributed by atoms with E-state index in [1.165, 1.54) is 11.1 Å². The summed E-state index contributed by atoms with van der Waals surface area (Å²) >= 11 is 0. The first-order valence-electron chi connectivity index (χ1n) is 11.0. The number of aryl methyl sites for hydroxylation is 1. The number of carbonyl (C=O) groups excluding carboxylic acids is 1. The Labute approximate surface area is 190 Å². The van der Waals surface area contributed by atoms with Gasteiger partial charge in [0.1, 0.15) is 5.69 Å². The quantitative estimate of drug-likeness (QED) is 0.708. The largest absolute Gasteiger partial charge is 0.490 e. The first kappa shape index (κ1) is 24.7. The van der Waals surface area contributed by atoms with E-state index in [1.807, 2.05) is 24.1 Å². The highest BCUT2D eigenvalue weighted by atomic mass is 19.4. The maximum absolute atomic E-state index is 13.1. The lowest BCUT2D eigenvalue weighted by molar-refractivity contribution is -0.192. The van der Waals surface area contributed by atoms with E-state index in [4.69, 9.17) is 14.9 Å². The highest BCUT2D eigenvalue weighted by Crippen LogP contribution is 2.34. The zero-order valence-electron chi connectivity index (χ0n) is 18.4. The number of aromatic nitrogens is 1. The van der Waals surface area contributed by atoms with Gasteiger partial charge < -0.3 is 15.3 Å². The number of hydrogen-bond donors (Lipinski definition) is 2. The number of carboxylic acids is 1. The molecule has 6 nitrogen and oxygen atoms in total. The molecule has 0 bridgehead atoms. The monoisotopic (exact) mass is 463 g/mol. The fourth-order valence-corrected chi connectivity index (χ4v) is 4.37. The van der Waals surface area contributed by atoms with E-state index in [2.05, 4.69) is 35.6 Å². The molecule has 1 aromatic heterocycles. The molecule has 1 unspecified atom stereocenters. The number of nitrogens with zero attached hydrogens (tertiary/aromatic N) is 2. The average Bonchev–Trinajstić information content (AvgIpc) is 2.83. The molecule has 1 aliphatic heterocycles. The van der Waals surface area contributed by atoms with Crippen molar-refractivity contribution in [3.63, 3.8) is 0 Å². The molecule has 2 N–H and O–H groups in total. The summed E-state index contributed by atoms with van der Waals surface area (Å²) in [6.07, 6.45) is 0.361. The topological polar surface area (TPSA) is 82.5 Å². The van der Waals surface area contributed by atoms with Gasteiger partial charge in [0.25, 0.3) is 5.91 Å². The molecular formula is C24H28F3N3O3. The fourth-order valence-electron chi connectivity index (χ4n) is 4.37. The minimum Gasteiger partial charge on any atom is -0.475 e. The summed E-state index contributed by atoms with van der Waals surface area (Å²) in [6, 6.07) is 14.6. The van der Waals surface area contributed by atoms with Gasteiger partial charge in [-0.3, -0.25) is 4.79 Å².